The summed E-state index contributed by atoms with van der Waals surface area (Å²) in [4.78, 5) is 0. The van der Waals surface area contributed by atoms with Gasteiger partial charge in [-0.15, -0.1) is 0 Å². The van der Waals surface area contributed by atoms with Gasteiger partial charge in [-0.1, -0.05) is 115 Å². The Hall–Kier alpha value is -4.87. The summed E-state index contributed by atoms with van der Waals surface area (Å²) in [5.41, 5.74) is 11.3. The standard InChI is InChI=1S/C39H29NO/c1-38-24-7-6-15-36(38)39(33-12-4-2-9-31(33)32-10-3-5-13-34(32)39)35-14-8-11-30(37(35)41-38)29-22-20-28(21-23-29)27-18-16-26(25-40)17-19-27/h2-10,12-23,30H,11,24H2,1H3. The normalized spacial score (nSPS) is 22.6. The predicted octanol–water partition coefficient (Wildman–Crippen LogP) is 9.16. The lowest BCUT2D eigenvalue weighted by Crippen LogP contribution is -2.49. The van der Waals surface area contributed by atoms with E-state index in [2.05, 4.69) is 116 Å². The maximum atomic E-state index is 9.17. The summed E-state index contributed by atoms with van der Waals surface area (Å²) in [6.07, 6.45) is 13.2. The van der Waals surface area contributed by atoms with Gasteiger partial charge in [0.15, 0.2) is 0 Å². The lowest BCUT2D eigenvalue weighted by Gasteiger charge is -2.52. The molecule has 0 aromatic heterocycles. The highest BCUT2D eigenvalue weighted by atomic mass is 16.5. The number of nitriles is 1. The minimum atomic E-state index is -0.440. The summed E-state index contributed by atoms with van der Waals surface area (Å²) in [5, 5.41) is 9.17. The molecule has 2 heteroatoms. The van der Waals surface area contributed by atoms with Crippen molar-refractivity contribution in [2.45, 2.75) is 36.7 Å². The number of hydrogen-bond donors (Lipinski definition) is 0. The van der Waals surface area contributed by atoms with Crippen LogP contribution in [0.5, 0.6) is 0 Å². The van der Waals surface area contributed by atoms with E-state index in [1.165, 1.54) is 39.0 Å². The molecule has 1 spiro atoms. The molecule has 2 atom stereocenters. The number of nitrogens with zero attached hydrogens (tertiary/aromatic N) is 1. The molecule has 0 saturated carbocycles. The molecule has 2 nitrogen and oxygen atoms in total. The van der Waals surface area contributed by atoms with Crippen molar-refractivity contribution in [1.82, 2.24) is 0 Å². The van der Waals surface area contributed by atoms with Crippen LogP contribution in [0, 0.1) is 11.3 Å². The molecule has 4 aromatic rings. The molecular formula is C39H29NO. The largest absolute Gasteiger partial charge is 0.486 e. The second kappa shape index (κ2) is 8.82. The first-order chi connectivity index (χ1) is 20.1. The number of rotatable bonds is 2. The van der Waals surface area contributed by atoms with Gasteiger partial charge in [0, 0.05) is 17.9 Å². The van der Waals surface area contributed by atoms with E-state index in [-0.39, 0.29) is 5.92 Å². The molecule has 4 aromatic carbocycles. The molecule has 196 valence electrons. The fourth-order valence-corrected chi connectivity index (χ4v) is 7.63. The average molecular weight is 528 g/mol. The van der Waals surface area contributed by atoms with E-state index in [1.54, 1.807) is 0 Å². The maximum absolute atomic E-state index is 9.17. The summed E-state index contributed by atoms with van der Waals surface area (Å²) < 4.78 is 7.18. The zero-order chi connectivity index (χ0) is 27.6. The first kappa shape index (κ1) is 24.0. The Balaban J connectivity index is 1.32. The summed E-state index contributed by atoms with van der Waals surface area (Å²) in [6.45, 7) is 2.28. The summed E-state index contributed by atoms with van der Waals surface area (Å²) in [6, 6.07) is 36.8. The van der Waals surface area contributed by atoms with Crippen LogP contribution in [0.2, 0.25) is 0 Å². The van der Waals surface area contributed by atoms with Gasteiger partial charge in [0.2, 0.25) is 0 Å². The van der Waals surface area contributed by atoms with E-state index in [0.29, 0.717) is 5.56 Å². The average Bonchev–Trinajstić information content (AvgIpc) is 3.32. The van der Waals surface area contributed by atoms with Gasteiger partial charge in [0.25, 0.3) is 0 Å². The number of benzene rings is 4. The molecule has 4 aliphatic rings. The van der Waals surface area contributed by atoms with E-state index in [0.717, 1.165) is 29.7 Å². The second-order valence-electron chi connectivity index (χ2n) is 11.7. The first-order valence-electron chi connectivity index (χ1n) is 14.4. The van der Waals surface area contributed by atoms with Crippen molar-refractivity contribution in [3.8, 4) is 28.3 Å². The SMILES string of the molecule is CC12CC=CC=C1C1(C3=C(O2)C(c2ccc(-c4ccc(C#N)cc4)cc2)CC=C3)c2ccccc2-c2ccccc21. The number of fused-ring (bicyclic) bond motifs is 8. The third-order valence-electron chi connectivity index (χ3n) is 9.47. The smallest absolute Gasteiger partial charge is 0.132 e. The van der Waals surface area contributed by atoms with Gasteiger partial charge in [0.05, 0.1) is 17.0 Å². The lowest BCUT2D eigenvalue weighted by atomic mass is 9.58. The Labute approximate surface area is 241 Å². The van der Waals surface area contributed by atoms with E-state index < -0.39 is 11.0 Å². The number of hydrogen-bond acceptors (Lipinski definition) is 2. The van der Waals surface area contributed by atoms with Crippen LogP contribution >= 0.6 is 0 Å². The minimum absolute atomic E-state index is 0.131. The van der Waals surface area contributed by atoms with Gasteiger partial charge < -0.3 is 4.74 Å². The Kier molecular flexibility index (Phi) is 5.15. The summed E-state index contributed by atoms with van der Waals surface area (Å²) in [7, 11) is 0. The van der Waals surface area contributed by atoms with Gasteiger partial charge in [-0.05, 0) is 70.0 Å². The predicted molar refractivity (Wildman–Crippen MR) is 164 cm³/mol. The highest BCUT2D eigenvalue weighted by Gasteiger charge is 2.58. The molecule has 41 heavy (non-hydrogen) atoms. The van der Waals surface area contributed by atoms with Crippen molar-refractivity contribution < 1.29 is 4.74 Å². The van der Waals surface area contributed by atoms with Crippen LogP contribution in [0.4, 0.5) is 0 Å². The Morgan fingerprint density at radius 3 is 2.07 bits per heavy atom. The molecule has 1 aliphatic heterocycles. The van der Waals surface area contributed by atoms with Crippen molar-refractivity contribution in [2.75, 3.05) is 0 Å². The van der Waals surface area contributed by atoms with Crippen LogP contribution < -0.4 is 0 Å². The van der Waals surface area contributed by atoms with Crippen molar-refractivity contribution in [3.05, 3.63) is 167 Å². The number of allylic oxidation sites excluding steroid dienone is 6. The Bertz CT molecular complexity index is 1830. The van der Waals surface area contributed by atoms with Crippen LogP contribution in [0.1, 0.15) is 47.9 Å². The third-order valence-corrected chi connectivity index (χ3v) is 9.47. The van der Waals surface area contributed by atoms with E-state index in [1.807, 2.05) is 24.3 Å². The molecule has 0 fully saturated rings. The van der Waals surface area contributed by atoms with Crippen molar-refractivity contribution in [2.24, 2.45) is 0 Å². The molecule has 0 bridgehead atoms. The van der Waals surface area contributed by atoms with Crippen LogP contribution in [0.25, 0.3) is 22.3 Å². The van der Waals surface area contributed by atoms with Crippen LogP contribution in [-0.2, 0) is 10.2 Å². The topological polar surface area (TPSA) is 33.0 Å². The van der Waals surface area contributed by atoms with Gasteiger partial charge >= 0.3 is 0 Å². The summed E-state index contributed by atoms with van der Waals surface area (Å²) >= 11 is 0. The number of ether oxygens (including phenoxy) is 1. The van der Waals surface area contributed by atoms with Crippen LogP contribution in [0.3, 0.4) is 0 Å². The molecule has 0 N–H and O–H groups in total. The van der Waals surface area contributed by atoms with E-state index in [9.17, 15) is 5.26 Å². The third kappa shape index (κ3) is 3.30. The highest BCUT2D eigenvalue weighted by Crippen LogP contribution is 2.64. The Morgan fingerprint density at radius 1 is 0.780 bits per heavy atom. The minimum Gasteiger partial charge on any atom is -0.486 e. The van der Waals surface area contributed by atoms with Gasteiger partial charge in [-0.25, -0.2) is 0 Å². The highest BCUT2D eigenvalue weighted by molar-refractivity contribution is 5.88. The molecule has 0 saturated heterocycles. The van der Waals surface area contributed by atoms with Gasteiger partial charge in [-0.2, -0.15) is 5.26 Å². The zero-order valence-corrected chi connectivity index (χ0v) is 23.0. The molecule has 8 rings (SSSR count). The molecule has 0 radical (unpaired) electrons. The van der Waals surface area contributed by atoms with Crippen molar-refractivity contribution in [1.29, 1.82) is 5.26 Å². The molecule has 2 unspecified atom stereocenters. The van der Waals surface area contributed by atoms with Crippen molar-refractivity contribution in [3.63, 3.8) is 0 Å². The van der Waals surface area contributed by atoms with Crippen LogP contribution in [-0.4, -0.2) is 5.60 Å². The Morgan fingerprint density at radius 2 is 1.41 bits per heavy atom. The van der Waals surface area contributed by atoms with Crippen LogP contribution in [0.15, 0.2) is 144 Å². The molecule has 1 heterocycles. The second-order valence-corrected chi connectivity index (χ2v) is 11.7. The zero-order valence-electron chi connectivity index (χ0n) is 23.0. The van der Waals surface area contributed by atoms with E-state index >= 15 is 0 Å². The fraction of sp³-hybridized carbons (Fsp3) is 0.154. The van der Waals surface area contributed by atoms with Gasteiger partial charge in [-0.3, -0.25) is 0 Å². The monoisotopic (exact) mass is 527 g/mol. The molecular weight excluding hydrogens is 498 g/mol. The lowest BCUT2D eigenvalue weighted by molar-refractivity contribution is 0.0187. The van der Waals surface area contributed by atoms with Crippen molar-refractivity contribution >= 4 is 0 Å². The molecule has 0 amide bonds. The quantitative estimate of drug-likeness (QED) is 0.260. The summed E-state index contributed by atoms with van der Waals surface area (Å²) in [5.74, 6) is 1.23. The maximum Gasteiger partial charge on any atom is 0.132 e. The van der Waals surface area contributed by atoms with E-state index in [4.69, 9.17) is 4.74 Å². The first-order valence-corrected chi connectivity index (χ1v) is 14.4. The fourth-order valence-electron chi connectivity index (χ4n) is 7.63. The molecule has 3 aliphatic carbocycles. The van der Waals surface area contributed by atoms with Gasteiger partial charge in [0.1, 0.15) is 11.4 Å².